The number of furan rings is 4. The van der Waals surface area contributed by atoms with Crippen molar-refractivity contribution in [3.05, 3.63) is 470 Å². The summed E-state index contributed by atoms with van der Waals surface area (Å²) in [5.74, 6) is 0.149. The molecule has 26 rings (SSSR count). The summed E-state index contributed by atoms with van der Waals surface area (Å²) in [4.78, 5) is 11.9. The molecule has 0 amide bonds. The average molecular weight is 1780 g/mol. The molecule has 0 saturated heterocycles. The van der Waals surface area contributed by atoms with Crippen molar-refractivity contribution in [3.63, 3.8) is 0 Å². The maximum atomic E-state index is 12.5. The first-order chi connectivity index (χ1) is 60.4. The van der Waals surface area contributed by atoms with Gasteiger partial charge in [0, 0.05) is 106 Å². The van der Waals surface area contributed by atoms with Gasteiger partial charge in [-0.25, -0.2) is 0 Å². The fraction of sp³-hybridized carbons (Fsp3) is 0.0180. The lowest BCUT2D eigenvalue weighted by Crippen LogP contribution is -2.29. The van der Waals surface area contributed by atoms with Crippen molar-refractivity contribution in [3.8, 4) is 66.8 Å². The number of para-hydroxylation sites is 7. The third-order valence-electron chi connectivity index (χ3n) is 24.2. The van der Waals surface area contributed by atoms with Crippen LogP contribution in [-0.4, -0.2) is 28.1 Å². The summed E-state index contributed by atoms with van der Waals surface area (Å²) in [6.07, 6.45) is 0. The molecule has 1 spiro atoms. The van der Waals surface area contributed by atoms with E-state index in [1.54, 1.807) is 12.1 Å². The Kier molecular flexibility index (Phi) is 19.7. The second-order valence-corrected chi connectivity index (χ2v) is 33.3. The Hall–Kier alpha value is -13.8. The number of fused-ring (bicyclic) bond motifs is 29. The Balaban J connectivity index is 0.0000000955. The second kappa shape index (κ2) is 31.7. The molecule has 8 nitrogen and oxygen atoms in total. The van der Waals surface area contributed by atoms with Crippen LogP contribution in [0.2, 0.25) is 0 Å². The molecule has 4 aliphatic carbocycles. The minimum atomic E-state index is -1.51. The predicted molar refractivity (Wildman–Crippen MR) is 511 cm³/mol. The zero-order valence-electron chi connectivity index (χ0n) is 65.8. The molecule has 12 heteroatoms. The SMILES string of the molecule is Brc1ccccc1-c1cccc2c1oc1ccccc12.Brc1ccccc1Br.O=C1c2ccccc2-c2ccccc21.OB(O)c1cccc2c1oc1ccccc12.OC1(c2ccccc2-c2cccc3c2oc2ccccc23)c2ccccc2-c2ccccc21.c1ccc2c(c1)-c1ccccc1C21c2ccccc2-c2c1ccc1c2oc2ccccc21. The van der Waals surface area contributed by atoms with Crippen LogP contribution in [0.15, 0.2) is 438 Å². The number of ketones is 1. The fourth-order valence-electron chi connectivity index (χ4n) is 18.9. The molecule has 0 bridgehead atoms. The summed E-state index contributed by atoms with van der Waals surface area (Å²) >= 11 is 10.3. The van der Waals surface area contributed by atoms with Crippen LogP contribution in [0, 0.1) is 0 Å². The molecule has 0 fully saturated rings. The van der Waals surface area contributed by atoms with E-state index in [0.717, 1.165) is 157 Å². The van der Waals surface area contributed by atoms with Crippen LogP contribution in [0.5, 0.6) is 0 Å². The highest BCUT2D eigenvalue weighted by Gasteiger charge is 2.52. The van der Waals surface area contributed by atoms with E-state index in [2.05, 4.69) is 230 Å². The number of benzene rings is 18. The number of halogens is 3. The van der Waals surface area contributed by atoms with Gasteiger partial charge >= 0.3 is 7.12 Å². The summed E-state index contributed by atoms with van der Waals surface area (Å²) < 4.78 is 27.8. The number of hydrogen-bond donors (Lipinski definition) is 3. The van der Waals surface area contributed by atoms with Crippen molar-refractivity contribution in [1.82, 2.24) is 0 Å². The highest BCUT2D eigenvalue weighted by atomic mass is 79.9. The van der Waals surface area contributed by atoms with Gasteiger partial charge in [-0.1, -0.05) is 380 Å². The molecule has 0 unspecified atom stereocenters. The van der Waals surface area contributed by atoms with E-state index >= 15 is 0 Å². The smallest absolute Gasteiger partial charge is 0.456 e. The molecule has 0 aliphatic heterocycles. The van der Waals surface area contributed by atoms with E-state index in [0.29, 0.717) is 11.0 Å². The van der Waals surface area contributed by atoms with Gasteiger partial charge in [0.2, 0.25) is 0 Å². The molecule has 0 saturated carbocycles. The number of rotatable bonds is 4. The monoisotopic (exact) mass is 1780 g/mol. The van der Waals surface area contributed by atoms with Gasteiger partial charge in [0.05, 0.1) is 5.41 Å². The topological polar surface area (TPSA) is 130 Å². The number of carbonyl (C=O) groups is 1. The Morgan fingerprint density at radius 2 is 0.496 bits per heavy atom. The molecular weight excluding hydrogens is 1710 g/mol. The molecule has 3 N–H and O–H groups in total. The summed E-state index contributed by atoms with van der Waals surface area (Å²) in [5, 5.41) is 39.7. The highest BCUT2D eigenvalue weighted by Crippen LogP contribution is 2.64. The van der Waals surface area contributed by atoms with Crippen molar-refractivity contribution < 1.29 is 37.6 Å². The van der Waals surface area contributed by atoms with E-state index in [1.165, 1.54) is 55.3 Å². The van der Waals surface area contributed by atoms with Crippen LogP contribution in [0.25, 0.3) is 155 Å². The van der Waals surface area contributed by atoms with Crippen LogP contribution in [0.1, 0.15) is 54.9 Å². The summed E-state index contributed by atoms with van der Waals surface area (Å²) in [5.41, 5.74) is 29.1. The number of hydrogen-bond acceptors (Lipinski definition) is 8. The molecule has 18 aromatic carbocycles. The Bertz CT molecular complexity index is 7780. The first-order valence-electron chi connectivity index (χ1n) is 40.7. The van der Waals surface area contributed by atoms with Crippen molar-refractivity contribution in [1.29, 1.82) is 0 Å². The summed E-state index contributed by atoms with van der Waals surface area (Å²) in [7, 11) is -1.51. The van der Waals surface area contributed by atoms with Crippen LogP contribution in [0.3, 0.4) is 0 Å². The van der Waals surface area contributed by atoms with E-state index in [-0.39, 0.29) is 11.2 Å². The largest absolute Gasteiger partial charge is 0.492 e. The quantitative estimate of drug-likeness (QED) is 0.149. The molecule has 586 valence electrons. The number of carbonyl (C=O) groups excluding carboxylic acids is 1. The second-order valence-electron chi connectivity index (χ2n) is 30.8. The summed E-state index contributed by atoms with van der Waals surface area (Å²) in [6, 6.07) is 138. The fourth-order valence-corrected chi connectivity index (χ4v) is 19.9. The predicted octanol–water partition coefficient (Wildman–Crippen LogP) is 28.8. The molecule has 0 radical (unpaired) electrons. The van der Waals surface area contributed by atoms with Crippen LogP contribution >= 0.6 is 47.8 Å². The van der Waals surface area contributed by atoms with Crippen molar-refractivity contribution in [2.24, 2.45) is 0 Å². The maximum absolute atomic E-state index is 12.5. The van der Waals surface area contributed by atoms with Crippen LogP contribution in [-0.2, 0) is 11.0 Å². The van der Waals surface area contributed by atoms with Gasteiger partial charge in [-0.05, 0) is 147 Å². The molecular formula is C111H70BBr3O8. The van der Waals surface area contributed by atoms with Gasteiger partial charge in [0.15, 0.2) is 5.78 Å². The van der Waals surface area contributed by atoms with E-state index in [4.69, 9.17) is 17.7 Å². The third kappa shape index (κ3) is 12.8. The van der Waals surface area contributed by atoms with Crippen LogP contribution < -0.4 is 5.46 Å². The van der Waals surface area contributed by atoms with Gasteiger partial charge in [0.25, 0.3) is 0 Å². The van der Waals surface area contributed by atoms with E-state index < -0.39 is 12.7 Å². The Morgan fingerprint density at radius 1 is 0.220 bits per heavy atom. The van der Waals surface area contributed by atoms with Crippen molar-refractivity contribution >= 4 is 154 Å². The lowest BCUT2D eigenvalue weighted by Gasteiger charge is -2.30. The first kappa shape index (κ1) is 76.6. The minimum absolute atomic E-state index is 0.149. The lowest BCUT2D eigenvalue weighted by atomic mass is 9.70. The van der Waals surface area contributed by atoms with Gasteiger partial charge in [-0.2, -0.15) is 0 Å². The molecule has 0 atom stereocenters. The number of aliphatic hydroxyl groups is 1. The molecule has 22 aromatic rings. The van der Waals surface area contributed by atoms with E-state index in [1.807, 2.05) is 212 Å². The third-order valence-corrected chi connectivity index (χ3v) is 26.8. The van der Waals surface area contributed by atoms with Gasteiger partial charge < -0.3 is 32.8 Å². The van der Waals surface area contributed by atoms with E-state index in [9.17, 15) is 19.9 Å². The molecule has 4 aliphatic rings. The Morgan fingerprint density at radius 3 is 0.919 bits per heavy atom. The van der Waals surface area contributed by atoms with Gasteiger partial charge in [-0.3, -0.25) is 4.79 Å². The minimum Gasteiger partial charge on any atom is -0.456 e. The standard InChI is InChI=1S/C31H20O2.C31H18O.C18H11BrO.C13H8O.C12H9BO3.C6H4Br2/c32-31(26-16-5-1-10-20(26)21-11-2-6-17-27(21)31)28-18-7-3-12-22(28)24-14-9-15-25-23-13-4-8-19-29(23)33-30(24)25;1-5-13-24-19(9-1)20-10-2-6-14-25(20)31(24)26-15-7-3-12-23(26)29-27(31)18-17-22-21-11-4-8-16-28(21)32-30(22)29;19-16-10-3-1-6-12(16)14-8-5-9-15-13-7-2-4-11-17(13)20-18(14)15;14-13-11-7-3-1-5-9(11)10-6-2-4-8-12(10)13;14-13(15)10-6-3-5-9-8-4-1-2-7-11(8)16-12(9)10;7-5-3-1-2-4-6(5)8/h1-19,32H;1-18H;1-11H;1-8H;1-7,14-15H;1-4H. The zero-order chi connectivity index (χ0) is 83.0. The zero-order valence-corrected chi connectivity index (χ0v) is 70.5. The first-order valence-corrected chi connectivity index (χ1v) is 43.0. The maximum Gasteiger partial charge on any atom is 0.492 e. The van der Waals surface area contributed by atoms with Gasteiger partial charge in [0.1, 0.15) is 50.3 Å². The highest BCUT2D eigenvalue weighted by molar-refractivity contribution is 9.13. The summed E-state index contributed by atoms with van der Waals surface area (Å²) in [6.45, 7) is 0. The Labute approximate surface area is 733 Å². The van der Waals surface area contributed by atoms with Gasteiger partial charge in [-0.15, -0.1) is 0 Å². The van der Waals surface area contributed by atoms with Crippen molar-refractivity contribution in [2.75, 3.05) is 0 Å². The lowest BCUT2D eigenvalue weighted by molar-refractivity contribution is 0.104. The van der Waals surface area contributed by atoms with Crippen molar-refractivity contribution in [2.45, 2.75) is 11.0 Å². The average Bonchev–Trinajstić information content (AvgIpc) is 1.49. The van der Waals surface area contributed by atoms with Crippen LogP contribution in [0.4, 0.5) is 0 Å². The normalized spacial score (nSPS) is 12.8. The molecule has 4 aromatic heterocycles. The molecule has 123 heavy (non-hydrogen) atoms. The molecule has 4 heterocycles.